The molecule has 0 bridgehead atoms. The predicted octanol–water partition coefficient (Wildman–Crippen LogP) is -1.50. The molecule has 0 fully saturated rings. The van der Waals surface area contributed by atoms with Gasteiger partial charge in [-0.3, -0.25) is 0 Å². The summed E-state index contributed by atoms with van der Waals surface area (Å²) in [5.41, 5.74) is 2.29. The first kappa shape index (κ1) is 8.75. The van der Waals surface area contributed by atoms with E-state index < -0.39 is 0 Å². The smallest absolute Gasteiger partial charge is 0.301 e. The van der Waals surface area contributed by atoms with Gasteiger partial charge in [0.05, 0.1) is 0 Å². The minimum atomic E-state index is 0. The van der Waals surface area contributed by atoms with Gasteiger partial charge in [0.2, 0.25) is 0 Å². The van der Waals surface area contributed by atoms with Crippen LogP contribution in [0.15, 0.2) is 12.3 Å². The molecule has 0 unspecified atom stereocenters. The Labute approximate surface area is 67.7 Å². The van der Waals surface area contributed by atoms with Crippen LogP contribution in [0, 0.1) is 19.9 Å². The molecule has 0 aliphatic carbocycles. The molecule has 1 aromatic heterocycles. The van der Waals surface area contributed by atoms with E-state index in [1.165, 1.54) is 5.56 Å². The summed E-state index contributed by atoms with van der Waals surface area (Å²) < 4.78 is 0. The first-order valence-corrected chi connectivity index (χ1v) is 2.60. The Morgan fingerprint density at radius 3 is 2.44 bits per heavy atom. The third kappa shape index (κ3) is 2.22. The average molecular weight is 113 g/mol. The molecular weight excluding hydrogens is 105 g/mol. The van der Waals surface area contributed by atoms with Crippen molar-refractivity contribution in [3.63, 3.8) is 0 Å². The van der Waals surface area contributed by atoms with Crippen molar-refractivity contribution >= 4 is 0 Å². The zero-order valence-corrected chi connectivity index (χ0v) is 6.10. The zero-order valence-electron chi connectivity index (χ0n) is 6.10. The van der Waals surface area contributed by atoms with E-state index in [1.54, 1.807) is 6.20 Å². The number of aryl methyl sites for hydroxylation is 2. The third-order valence-electron chi connectivity index (χ3n) is 1.20. The Balaban J connectivity index is 0.000000640. The van der Waals surface area contributed by atoms with E-state index in [9.17, 15) is 0 Å². The Bertz CT molecular complexity index is 165. The third-order valence-corrected chi connectivity index (χ3v) is 1.20. The van der Waals surface area contributed by atoms with Crippen LogP contribution in [0.1, 0.15) is 11.3 Å². The van der Waals surface area contributed by atoms with Gasteiger partial charge in [-0.15, -0.1) is 6.92 Å². The van der Waals surface area contributed by atoms with Crippen molar-refractivity contribution in [2.45, 2.75) is 13.8 Å². The molecule has 0 aliphatic rings. The van der Waals surface area contributed by atoms with E-state index in [0.29, 0.717) is 0 Å². The number of hydrogen-bond acceptors (Lipinski definition) is 1. The van der Waals surface area contributed by atoms with Crippen LogP contribution in [0.25, 0.3) is 0 Å². The number of nitrogens with zero attached hydrogens (tertiary/aromatic N) is 1. The quantitative estimate of drug-likeness (QED) is 0.295. The molecule has 0 amide bonds. The number of rotatable bonds is 0. The van der Waals surface area contributed by atoms with Crippen molar-refractivity contribution in [3.05, 3.63) is 29.6 Å². The SMILES string of the molecule is Cc1c[c-]cnc1C.[Li+]. The van der Waals surface area contributed by atoms with Crippen molar-refractivity contribution in [2.24, 2.45) is 0 Å². The average Bonchev–Trinajstić information content (AvgIpc) is 1.77. The molecule has 1 nitrogen and oxygen atoms in total. The van der Waals surface area contributed by atoms with Crippen LogP contribution >= 0.6 is 0 Å². The summed E-state index contributed by atoms with van der Waals surface area (Å²) in [4.78, 5) is 4.02. The van der Waals surface area contributed by atoms with Crippen molar-refractivity contribution in [1.82, 2.24) is 4.98 Å². The molecule has 0 aromatic carbocycles. The van der Waals surface area contributed by atoms with Gasteiger partial charge in [0.15, 0.2) is 0 Å². The second-order valence-corrected chi connectivity index (χ2v) is 1.84. The molecule has 0 aliphatic heterocycles. The Kier molecular flexibility index (Phi) is 3.61. The summed E-state index contributed by atoms with van der Waals surface area (Å²) in [6.45, 7) is 4.02. The van der Waals surface area contributed by atoms with E-state index >= 15 is 0 Å². The van der Waals surface area contributed by atoms with Crippen molar-refractivity contribution in [1.29, 1.82) is 0 Å². The van der Waals surface area contributed by atoms with Crippen LogP contribution in [0.3, 0.4) is 0 Å². The summed E-state index contributed by atoms with van der Waals surface area (Å²) >= 11 is 0. The maximum absolute atomic E-state index is 4.02. The van der Waals surface area contributed by atoms with Gasteiger partial charge in [-0.2, -0.15) is 5.56 Å². The van der Waals surface area contributed by atoms with E-state index in [4.69, 9.17) is 0 Å². The normalized spacial score (nSPS) is 8.22. The molecule has 0 atom stereocenters. The van der Waals surface area contributed by atoms with Crippen LogP contribution in [0.5, 0.6) is 0 Å². The summed E-state index contributed by atoms with van der Waals surface area (Å²) in [6, 6.07) is 4.82. The van der Waals surface area contributed by atoms with Crippen LogP contribution in [-0.2, 0) is 0 Å². The second-order valence-electron chi connectivity index (χ2n) is 1.84. The molecule has 1 heterocycles. The number of aromatic nitrogens is 1. The Hall–Kier alpha value is -0.253. The summed E-state index contributed by atoms with van der Waals surface area (Å²) in [7, 11) is 0. The van der Waals surface area contributed by atoms with Gasteiger partial charge in [-0.05, 0) is 12.6 Å². The van der Waals surface area contributed by atoms with Gasteiger partial charge in [0.1, 0.15) is 0 Å². The summed E-state index contributed by atoms with van der Waals surface area (Å²) in [5.74, 6) is 0. The van der Waals surface area contributed by atoms with Gasteiger partial charge in [0, 0.05) is 0 Å². The molecule has 0 N–H and O–H groups in total. The Morgan fingerprint density at radius 2 is 2.11 bits per heavy atom. The number of hydrogen-bond donors (Lipinski definition) is 0. The van der Waals surface area contributed by atoms with E-state index in [1.807, 2.05) is 19.9 Å². The molecule has 2 heteroatoms. The van der Waals surface area contributed by atoms with Gasteiger partial charge in [-0.25, -0.2) is 12.1 Å². The molecule has 0 saturated carbocycles. The molecule has 9 heavy (non-hydrogen) atoms. The number of pyridine rings is 1. The summed E-state index contributed by atoms with van der Waals surface area (Å²) in [6.07, 6.45) is 1.68. The van der Waals surface area contributed by atoms with E-state index in [0.717, 1.165) is 5.69 Å². The molecule has 1 aromatic rings. The topological polar surface area (TPSA) is 12.9 Å². The maximum Gasteiger partial charge on any atom is 1.00 e. The monoisotopic (exact) mass is 113 g/mol. The van der Waals surface area contributed by atoms with Gasteiger partial charge >= 0.3 is 18.9 Å². The molecule has 0 radical (unpaired) electrons. The standard InChI is InChI=1S/C7H8N.Li/c1-6-4-3-5-8-7(6)2;/h4-5H,1-2H3;/q-1;+1. The maximum atomic E-state index is 4.02. The van der Waals surface area contributed by atoms with Gasteiger partial charge < -0.3 is 4.98 Å². The fourth-order valence-electron chi connectivity index (χ4n) is 0.503. The van der Waals surface area contributed by atoms with Crippen LogP contribution in [-0.4, -0.2) is 4.98 Å². The minimum absolute atomic E-state index is 0. The fourth-order valence-corrected chi connectivity index (χ4v) is 0.503. The first-order chi connectivity index (χ1) is 3.80. The van der Waals surface area contributed by atoms with E-state index in [-0.39, 0.29) is 18.9 Å². The second kappa shape index (κ2) is 3.71. The largest absolute Gasteiger partial charge is 1.00 e. The van der Waals surface area contributed by atoms with Crippen molar-refractivity contribution in [2.75, 3.05) is 0 Å². The molecule has 0 saturated heterocycles. The van der Waals surface area contributed by atoms with Crippen molar-refractivity contribution in [3.8, 4) is 0 Å². The van der Waals surface area contributed by atoms with Gasteiger partial charge in [-0.1, -0.05) is 6.20 Å². The van der Waals surface area contributed by atoms with Crippen LogP contribution in [0.2, 0.25) is 0 Å². The molecule has 42 valence electrons. The molecular formula is C7H8LiN. The summed E-state index contributed by atoms with van der Waals surface area (Å²) in [5, 5.41) is 0. The van der Waals surface area contributed by atoms with E-state index in [2.05, 4.69) is 11.1 Å². The Morgan fingerprint density at radius 1 is 1.44 bits per heavy atom. The van der Waals surface area contributed by atoms with Crippen LogP contribution < -0.4 is 18.9 Å². The molecule has 0 spiro atoms. The fraction of sp³-hybridized carbons (Fsp3) is 0.286. The minimum Gasteiger partial charge on any atom is -0.301 e. The zero-order chi connectivity index (χ0) is 5.98. The van der Waals surface area contributed by atoms with Crippen LogP contribution in [0.4, 0.5) is 0 Å². The first-order valence-electron chi connectivity index (χ1n) is 2.60. The van der Waals surface area contributed by atoms with Crippen molar-refractivity contribution < 1.29 is 18.9 Å². The van der Waals surface area contributed by atoms with Gasteiger partial charge in [0.25, 0.3) is 0 Å². The predicted molar refractivity (Wildman–Crippen MR) is 32.5 cm³/mol. The molecule has 1 rings (SSSR count).